The Kier molecular flexibility index (Phi) is 4.52. The first-order valence-electron chi connectivity index (χ1n) is 12.9. The highest BCUT2D eigenvalue weighted by molar-refractivity contribution is 6.16. The molecule has 0 aliphatic carbocycles. The average Bonchev–Trinajstić information content (AvgIpc) is 3.51. The Morgan fingerprint density at radius 3 is 1.92 bits per heavy atom. The third kappa shape index (κ3) is 2.99. The summed E-state index contributed by atoms with van der Waals surface area (Å²) in [4.78, 5) is 4.82. The monoisotopic (exact) mass is 485 g/mol. The molecule has 3 aromatic heterocycles. The fourth-order valence-corrected chi connectivity index (χ4v) is 5.97. The molecule has 38 heavy (non-hydrogen) atoms. The zero-order chi connectivity index (χ0) is 25.1. The van der Waals surface area contributed by atoms with Crippen LogP contribution in [0.2, 0.25) is 0 Å². The van der Waals surface area contributed by atoms with E-state index in [-0.39, 0.29) is 0 Å². The van der Waals surface area contributed by atoms with Gasteiger partial charge in [-0.2, -0.15) is 0 Å². The van der Waals surface area contributed by atoms with E-state index in [2.05, 4.69) is 137 Å². The van der Waals surface area contributed by atoms with Crippen LogP contribution in [-0.2, 0) is 0 Å². The molecule has 3 heteroatoms. The van der Waals surface area contributed by atoms with Gasteiger partial charge in [-0.05, 0) is 71.8 Å². The summed E-state index contributed by atoms with van der Waals surface area (Å²) >= 11 is 0. The number of pyridine rings is 1. The first-order valence-corrected chi connectivity index (χ1v) is 12.9. The highest BCUT2D eigenvalue weighted by atomic mass is 15.0. The second-order valence-corrected chi connectivity index (χ2v) is 9.67. The minimum Gasteiger partial charge on any atom is -0.309 e. The molecule has 0 amide bonds. The molecule has 0 fully saturated rings. The molecular weight excluding hydrogens is 462 g/mol. The lowest BCUT2D eigenvalue weighted by Gasteiger charge is -2.09. The fraction of sp³-hybridized carbons (Fsp3) is 0. The Balaban J connectivity index is 1.44. The summed E-state index contributed by atoms with van der Waals surface area (Å²) in [5.41, 5.74) is 9.27. The maximum atomic E-state index is 4.82. The van der Waals surface area contributed by atoms with Crippen LogP contribution in [0.3, 0.4) is 0 Å². The van der Waals surface area contributed by atoms with Crippen molar-refractivity contribution < 1.29 is 0 Å². The molecule has 8 aromatic rings. The van der Waals surface area contributed by atoms with Gasteiger partial charge in [-0.3, -0.25) is 4.57 Å². The zero-order valence-electron chi connectivity index (χ0n) is 20.6. The number of nitrogens with zero attached hydrogens (tertiary/aromatic N) is 3. The van der Waals surface area contributed by atoms with Crippen LogP contribution in [0.5, 0.6) is 0 Å². The van der Waals surface area contributed by atoms with Crippen LogP contribution in [0.4, 0.5) is 0 Å². The van der Waals surface area contributed by atoms with Crippen molar-refractivity contribution in [1.29, 1.82) is 0 Å². The van der Waals surface area contributed by atoms with Crippen LogP contribution in [0.1, 0.15) is 0 Å². The highest BCUT2D eigenvalue weighted by Gasteiger charge is 2.18. The van der Waals surface area contributed by atoms with Crippen LogP contribution in [0.15, 0.2) is 140 Å². The molecule has 5 aromatic carbocycles. The number of benzene rings is 5. The Labute approximate surface area is 219 Å². The van der Waals surface area contributed by atoms with Gasteiger partial charge in [-0.25, -0.2) is 4.98 Å². The SMILES string of the molecule is c1ccc(-n2c3ccccc3c3cc(-c4cccc5c4c4cccnc4n5-c4ccccc4)ccc32)cc1. The van der Waals surface area contributed by atoms with Crippen molar-refractivity contribution in [1.82, 2.24) is 14.1 Å². The largest absolute Gasteiger partial charge is 0.309 e. The smallest absolute Gasteiger partial charge is 0.145 e. The predicted octanol–water partition coefficient (Wildman–Crippen LogP) is 8.94. The Hall–Kier alpha value is -5.15. The predicted molar refractivity (Wildman–Crippen MR) is 158 cm³/mol. The molecule has 0 spiro atoms. The molecule has 0 saturated heterocycles. The summed E-state index contributed by atoms with van der Waals surface area (Å²) in [5.74, 6) is 0. The molecule has 3 nitrogen and oxygen atoms in total. The van der Waals surface area contributed by atoms with Gasteiger partial charge in [0.1, 0.15) is 5.65 Å². The van der Waals surface area contributed by atoms with Crippen LogP contribution < -0.4 is 0 Å². The lowest BCUT2D eigenvalue weighted by molar-refractivity contribution is 1.14. The van der Waals surface area contributed by atoms with E-state index in [9.17, 15) is 0 Å². The standard InChI is InChI=1S/C35H23N3/c1-3-11-25(12-4-1)37-31-18-8-7-15-28(31)30-23-24(20-21-32(30)37)27-16-9-19-33-34(27)29-17-10-22-36-35(29)38(33)26-13-5-2-6-14-26/h1-23H. The number of hydrogen-bond donors (Lipinski definition) is 0. The minimum atomic E-state index is 0.975. The number of fused-ring (bicyclic) bond motifs is 6. The van der Waals surface area contributed by atoms with Gasteiger partial charge in [0, 0.05) is 39.1 Å². The molecule has 178 valence electrons. The van der Waals surface area contributed by atoms with E-state index in [0.29, 0.717) is 0 Å². The topological polar surface area (TPSA) is 22.8 Å². The maximum Gasteiger partial charge on any atom is 0.145 e. The first kappa shape index (κ1) is 21.0. The van der Waals surface area contributed by atoms with E-state index in [4.69, 9.17) is 4.98 Å². The van der Waals surface area contributed by atoms with Crippen LogP contribution >= 0.6 is 0 Å². The molecule has 3 heterocycles. The first-order chi connectivity index (χ1) is 18.9. The Bertz CT molecular complexity index is 2120. The van der Waals surface area contributed by atoms with Crippen molar-refractivity contribution in [2.24, 2.45) is 0 Å². The van der Waals surface area contributed by atoms with Gasteiger partial charge >= 0.3 is 0 Å². The van der Waals surface area contributed by atoms with Gasteiger partial charge in [0.15, 0.2) is 0 Å². The summed E-state index contributed by atoms with van der Waals surface area (Å²) in [7, 11) is 0. The van der Waals surface area contributed by atoms with Gasteiger partial charge in [0.05, 0.1) is 16.6 Å². The summed E-state index contributed by atoms with van der Waals surface area (Å²) in [6, 6.07) is 47.5. The highest BCUT2D eigenvalue weighted by Crippen LogP contribution is 2.40. The number of aromatic nitrogens is 3. The third-order valence-corrected chi connectivity index (χ3v) is 7.56. The van der Waals surface area contributed by atoms with E-state index in [1.165, 1.54) is 44.0 Å². The molecule has 0 aliphatic heterocycles. The molecule has 0 radical (unpaired) electrons. The molecular formula is C35H23N3. The van der Waals surface area contributed by atoms with E-state index in [0.717, 1.165) is 22.2 Å². The number of hydrogen-bond acceptors (Lipinski definition) is 1. The fourth-order valence-electron chi connectivity index (χ4n) is 5.97. The normalized spacial score (nSPS) is 11.7. The quantitative estimate of drug-likeness (QED) is 0.245. The molecule has 0 saturated carbocycles. The van der Waals surface area contributed by atoms with Crippen molar-refractivity contribution in [3.8, 4) is 22.5 Å². The van der Waals surface area contributed by atoms with Gasteiger partial charge < -0.3 is 4.57 Å². The lowest BCUT2D eigenvalue weighted by Crippen LogP contribution is -1.94. The summed E-state index contributed by atoms with van der Waals surface area (Å²) in [5, 5.41) is 4.90. The lowest BCUT2D eigenvalue weighted by atomic mass is 9.98. The van der Waals surface area contributed by atoms with E-state index in [1.807, 2.05) is 12.3 Å². The van der Waals surface area contributed by atoms with Gasteiger partial charge in [0.25, 0.3) is 0 Å². The summed E-state index contributed by atoms with van der Waals surface area (Å²) in [6.07, 6.45) is 1.88. The second kappa shape index (κ2) is 8.19. The van der Waals surface area contributed by atoms with E-state index >= 15 is 0 Å². The molecule has 0 unspecified atom stereocenters. The minimum absolute atomic E-state index is 0.975. The van der Waals surface area contributed by atoms with Crippen molar-refractivity contribution in [3.63, 3.8) is 0 Å². The van der Waals surface area contributed by atoms with Crippen LogP contribution in [0.25, 0.3) is 66.2 Å². The Morgan fingerprint density at radius 2 is 1.11 bits per heavy atom. The second-order valence-electron chi connectivity index (χ2n) is 9.67. The van der Waals surface area contributed by atoms with Gasteiger partial charge in [-0.15, -0.1) is 0 Å². The van der Waals surface area contributed by atoms with Gasteiger partial charge in [0.2, 0.25) is 0 Å². The Morgan fingerprint density at radius 1 is 0.447 bits per heavy atom. The van der Waals surface area contributed by atoms with Gasteiger partial charge in [-0.1, -0.05) is 72.8 Å². The van der Waals surface area contributed by atoms with Crippen molar-refractivity contribution in [2.45, 2.75) is 0 Å². The number of rotatable bonds is 3. The number of para-hydroxylation sites is 3. The van der Waals surface area contributed by atoms with Crippen molar-refractivity contribution >= 4 is 43.7 Å². The van der Waals surface area contributed by atoms with E-state index < -0.39 is 0 Å². The van der Waals surface area contributed by atoms with Crippen molar-refractivity contribution in [3.05, 3.63) is 140 Å². The molecule has 0 aliphatic rings. The third-order valence-electron chi connectivity index (χ3n) is 7.56. The molecule has 8 rings (SSSR count). The molecule has 0 atom stereocenters. The average molecular weight is 486 g/mol. The van der Waals surface area contributed by atoms with Crippen molar-refractivity contribution in [2.75, 3.05) is 0 Å². The maximum absolute atomic E-state index is 4.82. The van der Waals surface area contributed by atoms with E-state index in [1.54, 1.807) is 0 Å². The molecule has 0 bridgehead atoms. The summed E-state index contributed by atoms with van der Waals surface area (Å²) in [6.45, 7) is 0. The van der Waals surface area contributed by atoms with Crippen LogP contribution in [0, 0.1) is 0 Å². The zero-order valence-corrected chi connectivity index (χ0v) is 20.6. The van der Waals surface area contributed by atoms with Crippen LogP contribution in [-0.4, -0.2) is 14.1 Å². The molecule has 0 N–H and O–H groups in total. The summed E-state index contributed by atoms with van der Waals surface area (Å²) < 4.78 is 4.63.